The van der Waals surface area contributed by atoms with Gasteiger partial charge in [0.05, 0.1) is 25.0 Å². The topological polar surface area (TPSA) is 84.0 Å². The highest BCUT2D eigenvalue weighted by molar-refractivity contribution is 7.92. The fraction of sp³-hybridized carbons (Fsp3) is 0.556. The van der Waals surface area contributed by atoms with E-state index in [1.54, 1.807) is 17.0 Å². The molecule has 144 valence electrons. The molecule has 26 heavy (non-hydrogen) atoms. The molecule has 0 atom stereocenters. The van der Waals surface area contributed by atoms with Crippen molar-refractivity contribution < 1.29 is 22.7 Å². The Morgan fingerprint density at radius 1 is 1.19 bits per heavy atom. The van der Waals surface area contributed by atoms with E-state index in [2.05, 4.69) is 0 Å². The zero-order valence-corrected chi connectivity index (χ0v) is 16.3. The number of hydrogen-bond donors (Lipinski definition) is 0. The lowest BCUT2D eigenvalue weighted by Crippen LogP contribution is -2.46. The molecule has 1 aromatic carbocycles. The smallest absolute Gasteiger partial charge is 0.308 e. The van der Waals surface area contributed by atoms with Gasteiger partial charge in [0.1, 0.15) is 6.54 Å². The van der Waals surface area contributed by atoms with Crippen LogP contribution in [0.15, 0.2) is 24.3 Å². The molecule has 0 unspecified atom stereocenters. The molecule has 1 heterocycles. The average Bonchev–Trinajstić information content (AvgIpc) is 2.64. The molecular weight excluding hydrogens is 356 g/mol. The summed E-state index contributed by atoms with van der Waals surface area (Å²) in [5.74, 6) is -0.721. The lowest BCUT2D eigenvalue weighted by molar-refractivity contribution is -0.148. The van der Waals surface area contributed by atoms with Crippen molar-refractivity contribution in [3.05, 3.63) is 29.8 Å². The first-order chi connectivity index (χ1) is 12.3. The second kappa shape index (κ2) is 8.53. The van der Waals surface area contributed by atoms with Crippen molar-refractivity contribution in [2.24, 2.45) is 5.92 Å². The van der Waals surface area contributed by atoms with Crippen LogP contribution in [0.2, 0.25) is 0 Å². The predicted octanol–water partition coefficient (Wildman–Crippen LogP) is 1.43. The number of carbonyl (C=O) groups is 2. The van der Waals surface area contributed by atoms with Gasteiger partial charge >= 0.3 is 5.97 Å². The number of aryl methyl sites for hydroxylation is 1. The summed E-state index contributed by atoms with van der Waals surface area (Å²) >= 11 is 0. The molecule has 7 nitrogen and oxygen atoms in total. The maximum atomic E-state index is 12.6. The largest absolute Gasteiger partial charge is 0.469 e. The highest BCUT2D eigenvalue weighted by Crippen LogP contribution is 2.21. The highest BCUT2D eigenvalue weighted by Gasteiger charge is 2.30. The quantitative estimate of drug-likeness (QED) is 0.695. The third kappa shape index (κ3) is 4.97. The summed E-state index contributed by atoms with van der Waals surface area (Å²) in [5.41, 5.74) is 1.57. The number of esters is 1. The summed E-state index contributed by atoms with van der Waals surface area (Å²) < 4.78 is 30.2. The molecule has 1 saturated heterocycles. The molecule has 0 N–H and O–H groups in total. The van der Waals surface area contributed by atoms with E-state index in [1.807, 2.05) is 19.1 Å². The van der Waals surface area contributed by atoms with E-state index in [1.165, 1.54) is 7.11 Å². The van der Waals surface area contributed by atoms with Gasteiger partial charge in [-0.3, -0.25) is 13.9 Å². The molecule has 0 radical (unpaired) electrons. The SMILES string of the molecule is CCc1ccc(N(CC(=O)N2CCC(C(=O)OC)CC2)S(C)(=O)=O)cc1. The second-order valence-electron chi connectivity index (χ2n) is 6.47. The van der Waals surface area contributed by atoms with Crippen LogP contribution in [0.1, 0.15) is 25.3 Å². The normalized spacial score (nSPS) is 15.6. The zero-order valence-electron chi connectivity index (χ0n) is 15.5. The molecular formula is C18H26N2O5S. The molecule has 1 aliphatic heterocycles. The predicted molar refractivity (Wildman–Crippen MR) is 99.3 cm³/mol. The minimum absolute atomic E-state index is 0.198. The third-order valence-corrected chi connectivity index (χ3v) is 5.83. The zero-order chi connectivity index (χ0) is 19.3. The fourth-order valence-electron chi connectivity index (χ4n) is 3.05. The van der Waals surface area contributed by atoms with Crippen LogP contribution in [0.25, 0.3) is 0 Å². The number of benzene rings is 1. The number of nitrogens with zero attached hydrogens (tertiary/aromatic N) is 2. The number of methoxy groups -OCH3 is 1. The Kier molecular flexibility index (Phi) is 6.63. The number of amides is 1. The van der Waals surface area contributed by atoms with E-state index in [0.717, 1.165) is 22.5 Å². The molecule has 0 saturated carbocycles. The van der Waals surface area contributed by atoms with Gasteiger partial charge in [-0.25, -0.2) is 8.42 Å². The number of hydrogen-bond acceptors (Lipinski definition) is 5. The van der Waals surface area contributed by atoms with E-state index in [0.29, 0.717) is 31.6 Å². The lowest BCUT2D eigenvalue weighted by Gasteiger charge is -2.32. The van der Waals surface area contributed by atoms with Gasteiger partial charge in [-0.2, -0.15) is 0 Å². The van der Waals surface area contributed by atoms with Crippen molar-refractivity contribution >= 4 is 27.6 Å². The number of rotatable bonds is 6. The summed E-state index contributed by atoms with van der Waals surface area (Å²) in [6.07, 6.45) is 3.01. The first kappa shape index (κ1) is 20.2. The number of piperidine rings is 1. The average molecular weight is 382 g/mol. The van der Waals surface area contributed by atoms with Crippen molar-refractivity contribution in [3.8, 4) is 0 Å². The van der Waals surface area contributed by atoms with Gasteiger partial charge in [0.15, 0.2) is 0 Å². The van der Waals surface area contributed by atoms with Crippen molar-refractivity contribution in [1.29, 1.82) is 0 Å². The van der Waals surface area contributed by atoms with Gasteiger partial charge in [-0.05, 0) is 37.0 Å². The molecule has 0 spiro atoms. The number of ether oxygens (including phenoxy) is 1. The summed E-state index contributed by atoms with van der Waals surface area (Å²) in [7, 11) is -2.23. The summed E-state index contributed by atoms with van der Waals surface area (Å²) in [4.78, 5) is 25.8. The molecule has 1 fully saturated rings. The minimum atomic E-state index is -3.59. The van der Waals surface area contributed by atoms with Crippen LogP contribution in [-0.4, -0.2) is 58.2 Å². The lowest BCUT2D eigenvalue weighted by atomic mass is 9.97. The molecule has 2 rings (SSSR count). The Balaban J connectivity index is 2.07. The molecule has 1 aromatic rings. The summed E-state index contributed by atoms with van der Waals surface area (Å²) in [5, 5.41) is 0. The van der Waals surface area contributed by atoms with Crippen LogP contribution in [0.5, 0.6) is 0 Å². The van der Waals surface area contributed by atoms with Gasteiger partial charge < -0.3 is 9.64 Å². The van der Waals surface area contributed by atoms with Crippen LogP contribution < -0.4 is 4.31 Å². The Hall–Kier alpha value is -2.09. The van der Waals surface area contributed by atoms with Crippen LogP contribution in [0.4, 0.5) is 5.69 Å². The number of sulfonamides is 1. The minimum Gasteiger partial charge on any atom is -0.469 e. The number of anilines is 1. The van der Waals surface area contributed by atoms with E-state index in [-0.39, 0.29) is 24.3 Å². The van der Waals surface area contributed by atoms with Gasteiger partial charge in [0, 0.05) is 13.1 Å². The van der Waals surface area contributed by atoms with Crippen LogP contribution >= 0.6 is 0 Å². The van der Waals surface area contributed by atoms with E-state index in [4.69, 9.17) is 4.74 Å². The van der Waals surface area contributed by atoms with Crippen molar-refractivity contribution in [2.75, 3.05) is 37.3 Å². The van der Waals surface area contributed by atoms with Crippen LogP contribution in [0.3, 0.4) is 0 Å². The van der Waals surface area contributed by atoms with Gasteiger partial charge in [0.2, 0.25) is 15.9 Å². The van der Waals surface area contributed by atoms with E-state index < -0.39 is 10.0 Å². The third-order valence-electron chi connectivity index (χ3n) is 4.69. The second-order valence-corrected chi connectivity index (χ2v) is 8.37. The summed E-state index contributed by atoms with van der Waals surface area (Å²) in [6, 6.07) is 7.16. The number of likely N-dealkylation sites (tertiary alicyclic amines) is 1. The Bertz CT molecular complexity index is 737. The van der Waals surface area contributed by atoms with Gasteiger partial charge in [-0.15, -0.1) is 0 Å². The first-order valence-corrected chi connectivity index (χ1v) is 10.5. The fourth-order valence-corrected chi connectivity index (χ4v) is 3.90. The maximum absolute atomic E-state index is 12.6. The number of carbonyl (C=O) groups excluding carboxylic acids is 2. The molecule has 8 heteroatoms. The van der Waals surface area contributed by atoms with Crippen molar-refractivity contribution in [2.45, 2.75) is 26.2 Å². The monoisotopic (exact) mass is 382 g/mol. The standard InChI is InChI=1S/C18H26N2O5S/c1-4-14-5-7-16(8-6-14)20(26(3,23)24)13-17(21)19-11-9-15(10-12-19)18(22)25-2/h5-8,15H,4,9-13H2,1-3H3. The molecule has 0 aromatic heterocycles. The summed E-state index contributed by atoms with van der Waals surface area (Å²) in [6.45, 7) is 2.62. The van der Waals surface area contributed by atoms with Crippen LogP contribution in [0, 0.1) is 5.92 Å². The van der Waals surface area contributed by atoms with Crippen LogP contribution in [-0.2, 0) is 30.8 Å². The van der Waals surface area contributed by atoms with Gasteiger partial charge in [-0.1, -0.05) is 19.1 Å². The van der Waals surface area contributed by atoms with Crippen molar-refractivity contribution in [1.82, 2.24) is 4.90 Å². The molecule has 1 aliphatic rings. The van der Waals surface area contributed by atoms with E-state index in [9.17, 15) is 18.0 Å². The molecule has 0 aliphatic carbocycles. The first-order valence-electron chi connectivity index (χ1n) is 8.68. The maximum Gasteiger partial charge on any atom is 0.308 e. The Morgan fingerprint density at radius 3 is 2.23 bits per heavy atom. The van der Waals surface area contributed by atoms with E-state index >= 15 is 0 Å². The Labute approximate surface area is 155 Å². The highest BCUT2D eigenvalue weighted by atomic mass is 32.2. The van der Waals surface area contributed by atoms with Crippen molar-refractivity contribution in [3.63, 3.8) is 0 Å². The molecule has 0 bridgehead atoms. The molecule has 1 amide bonds. The Morgan fingerprint density at radius 2 is 1.77 bits per heavy atom. The van der Waals surface area contributed by atoms with Gasteiger partial charge in [0.25, 0.3) is 0 Å².